The molecule has 0 spiro atoms. The van der Waals surface area contributed by atoms with E-state index >= 15 is 0 Å². The Labute approximate surface area is 79.5 Å². The fourth-order valence-electron chi connectivity index (χ4n) is 0.747. The van der Waals surface area contributed by atoms with Crippen molar-refractivity contribution in [3.63, 3.8) is 0 Å². The summed E-state index contributed by atoms with van der Waals surface area (Å²) in [6, 6.07) is 6.08. The number of hydrogen-bond donors (Lipinski definition) is 0. The second-order valence-corrected chi connectivity index (χ2v) is 3.93. The molecule has 0 bridgehead atoms. The lowest BCUT2D eigenvalue weighted by atomic mass is 10.2. The zero-order chi connectivity index (χ0) is 8.27. The van der Waals surface area contributed by atoms with E-state index < -0.39 is 0 Å². The van der Waals surface area contributed by atoms with Gasteiger partial charge in [-0.1, -0.05) is 22.0 Å². The molecule has 11 heavy (non-hydrogen) atoms. The zero-order valence-electron chi connectivity index (χ0n) is 6.10. The standard InChI is InChI=1S/C9H7BrS/c1-3-11-9-6-8(10)5-4-7(9)2/h1,4-6H,2H3. The van der Waals surface area contributed by atoms with Gasteiger partial charge in [0.05, 0.1) is 0 Å². The van der Waals surface area contributed by atoms with Crippen LogP contribution in [0.3, 0.4) is 0 Å². The van der Waals surface area contributed by atoms with Gasteiger partial charge >= 0.3 is 0 Å². The van der Waals surface area contributed by atoms with Crippen LogP contribution in [0.25, 0.3) is 0 Å². The quantitative estimate of drug-likeness (QED) is 0.523. The largest absolute Gasteiger partial charge is 0.108 e. The van der Waals surface area contributed by atoms with Gasteiger partial charge in [0.2, 0.25) is 0 Å². The first-order valence-electron chi connectivity index (χ1n) is 3.12. The van der Waals surface area contributed by atoms with Gasteiger partial charge in [-0.2, -0.15) is 0 Å². The first-order chi connectivity index (χ1) is 5.24. The molecule has 0 unspecified atom stereocenters. The Bertz CT molecular complexity index is 299. The maximum atomic E-state index is 5.18. The van der Waals surface area contributed by atoms with E-state index in [1.165, 1.54) is 17.3 Å². The number of thioether (sulfide) groups is 1. The molecule has 0 aromatic heterocycles. The molecular weight excluding hydrogens is 220 g/mol. The summed E-state index contributed by atoms with van der Waals surface area (Å²) in [4.78, 5) is 1.14. The highest BCUT2D eigenvalue weighted by atomic mass is 79.9. The monoisotopic (exact) mass is 226 g/mol. The molecule has 0 radical (unpaired) electrons. The smallest absolute Gasteiger partial charge is 0.0243 e. The van der Waals surface area contributed by atoms with Crippen molar-refractivity contribution < 1.29 is 0 Å². The average Bonchev–Trinajstić information content (AvgIpc) is 1.98. The van der Waals surface area contributed by atoms with Crippen LogP contribution in [0.5, 0.6) is 0 Å². The minimum Gasteiger partial charge on any atom is -0.108 e. The van der Waals surface area contributed by atoms with Gasteiger partial charge in [0, 0.05) is 9.37 Å². The van der Waals surface area contributed by atoms with E-state index in [4.69, 9.17) is 6.42 Å². The second-order valence-electron chi connectivity index (χ2n) is 2.13. The maximum Gasteiger partial charge on any atom is 0.0243 e. The van der Waals surface area contributed by atoms with E-state index in [1.54, 1.807) is 0 Å². The molecule has 56 valence electrons. The molecule has 0 N–H and O–H groups in total. The topological polar surface area (TPSA) is 0 Å². The summed E-state index contributed by atoms with van der Waals surface area (Å²) in [5.74, 6) is 0. The molecule has 0 atom stereocenters. The molecular formula is C9H7BrS. The van der Waals surface area contributed by atoms with Crippen molar-refractivity contribution in [1.29, 1.82) is 0 Å². The lowest BCUT2D eigenvalue weighted by Gasteiger charge is -1.99. The number of rotatable bonds is 1. The van der Waals surface area contributed by atoms with Gasteiger partial charge in [-0.05, 0) is 41.6 Å². The van der Waals surface area contributed by atoms with Crippen LogP contribution >= 0.6 is 27.7 Å². The van der Waals surface area contributed by atoms with E-state index in [0.717, 1.165) is 9.37 Å². The fourth-order valence-corrected chi connectivity index (χ4v) is 1.80. The minimum atomic E-state index is 1.07. The molecule has 0 saturated carbocycles. The molecule has 0 nitrogen and oxygen atoms in total. The Morgan fingerprint density at radius 2 is 2.27 bits per heavy atom. The third kappa shape index (κ3) is 2.28. The Kier molecular flexibility index (Phi) is 3.04. The third-order valence-electron chi connectivity index (χ3n) is 1.32. The summed E-state index contributed by atoms with van der Waals surface area (Å²) in [7, 11) is 0. The molecule has 0 saturated heterocycles. The van der Waals surface area contributed by atoms with Gasteiger partial charge in [-0.15, -0.1) is 6.42 Å². The van der Waals surface area contributed by atoms with Crippen molar-refractivity contribution in [3.05, 3.63) is 28.2 Å². The molecule has 1 aromatic rings. The zero-order valence-corrected chi connectivity index (χ0v) is 8.50. The molecule has 1 aromatic carbocycles. The minimum absolute atomic E-state index is 1.07. The van der Waals surface area contributed by atoms with Crippen LogP contribution < -0.4 is 0 Å². The number of benzene rings is 1. The van der Waals surface area contributed by atoms with Crippen LogP contribution in [0.2, 0.25) is 0 Å². The van der Waals surface area contributed by atoms with Gasteiger partial charge in [0.25, 0.3) is 0 Å². The second kappa shape index (κ2) is 3.85. The van der Waals surface area contributed by atoms with Gasteiger partial charge < -0.3 is 0 Å². The summed E-state index contributed by atoms with van der Waals surface area (Å²) in [6.45, 7) is 2.05. The highest BCUT2D eigenvalue weighted by Gasteiger charge is 1.96. The first kappa shape index (κ1) is 8.70. The molecule has 0 aliphatic carbocycles. The molecule has 0 amide bonds. The molecule has 0 fully saturated rings. The van der Waals surface area contributed by atoms with Gasteiger partial charge in [0.15, 0.2) is 0 Å². The van der Waals surface area contributed by atoms with Crippen LogP contribution in [0, 0.1) is 18.6 Å². The van der Waals surface area contributed by atoms with Crippen LogP contribution in [0.4, 0.5) is 0 Å². The Hall–Kier alpha value is -0.390. The molecule has 2 heteroatoms. The molecule has 0 aliphatic rings. The van der Waals surface area contributed by atoms with Crippen LogP contribution in [-0.4, -0.2) is 0 Å². The number of hydrogen-bond acceptors (Lipinski definition) is 1. The normalized spacial score (nSPS) is 9.18. The number of halogens is 1. The van der Waals surface area contributed by atoms with E-state index in [0.29, 0.717) is 0 Å². The fraction of sp³-hybridized carbons (Fsp3) is 0.111. The highest BCUT2D eigenvalue weighted by Crippen LogP contribution is 2.24. The van der Waals surface area contributed by atoms with Gasteiger partial charge in [-0.3, -0.25) is 0 Å². The van der Waals surface area contributed by atoms with E-state index in [1.807, 2.05) is 25.1 Å². The Balaban J connectivity index is 3.05. The van der Waals surface area contributed by atoms with Crippen molar-refractivity contribution in [2.45, 2.75) is 11.8 Å². The third-order valence-corrected chi connectivity index (χ3v) is 2.59. The predicted octanol–water partition coefficient (Wildman–Crippen LogP) is 3.44. The molecule has 0 aliphatic heterocycles. The van der Waals surface area contributed by atoms with Crippen molar-refractivity contribution in [2.24, 2.45) is 0 Å². The van der Waals surface area contributed by atoms with Crippen LogP contribution in [0.1, 0.15) is 5.56 Å². The van der Waals surface area contributed by atoms with Crippen molar-refractivity contribution in [3.8, 4) is 11.7 Å². The van der Waals surface area contributed by atoms with E-state index in [9.17, 15) is 0 Å². The van der Waals surface area contributed by atoms with Gasteiger partial charge in [0.1, 0.15) is 0 Å². The molecule has 1 rings (SSSR count). The Morgan fingerprint density at radius 3 is 2.91 bits per heavy atom. The van der Waals surface area contributed by atoms with Gasteiger partial charge in [-0.25, -0.2) is 0 Å². The summed E-state index contributed by atoms with van der Waals surface area (Å²) >= 11 is 4.80. The van der Waals surface area contributed by atoms with E-state index in [-0.39, 0.29) is 0 Å². The van der Waals surface area contributed by atoms with Crippen LogP contribution in [-0.2, 0) is 0 Å². The first-order valence-corrected chi connectivity index (χ1v) is 4.73. The average molecular weight is 227 g/mol. The number of aryl methyl sites for hydroxylation is 1. The lowest BCUT2D eigenvalue weighted by Crippen LogP contribution is -1.76. The van der Waals surface area contributed by atoms with Crippen LogP contribution in [0.15, 0.2) is 27.6 Å². The predicted molar refractivity (Wildman–Crippen MR) is 53.6 cm³/mol. The van der Waals surface area contributed by atoms with Crippen molar-refractivity contribution in [1.82, 2.24) is 0 Å². The summed E-state index contributed by atoms with van der Waals surface area (Å²) in [6.07, 6.45) is 5.18. The maximum absolute atomic E-state index is 5.18. The highest BCUT2D eigenvalue weighted by molar-refractivity contribution is 9.10. The lowest BCUT2D eigenvalue weighted by molar-refractivity contribution is 1.30. The summed E-state index contributed by atoms with van der Waals surface area (Å²) in [5.41, 5.74) is 1.22. The summed E-state index contributed by atoms with van der Waals surface area (Å²) in [5, 5.41) is 2.55. The summed E-state index contributed by atoms with van der Waals surface area (Å²) < 4.78 is 1.07. The SMILES string of the molecule is C#CSc1cc(Br)ccc1C. The Morgan fingerprint density at radius 1 is 1.55 bits per heavy atom. The van der Waals surface area contributed by atoms with Crippen molar-refractivity contribution >= 4 is 27.7 Å². The van der Waals surface area contributed by atoms with Crippen molar-refractivity contribution in [2.75, 3.05) is 0 Å². The molecule has 0 heterocycles. The van der Waals surface area contributed by atoms with E-state index in [2.05, 4.69) is 21.2 Å². The number of terminal acetylenes is 1.